The van der Waals surface area contributed by atoms with Gasteiger partial charge in [0, 0.05) is 35.5 Å². The Morgan fingerprint density at radius 3 is 2.62 bits per heavy atom. The number of nitrogens with one attached hydrogen (secondary N) is 1. The molecule has 1 N–H and O–H groups in total. The number of aromatic nitrogens is 2. The van der Waals surface area contributed by atoms with Gasteiger partial charge < -0.3 is 14.8 Å². The number of aryl methyl sites for hydroxylation is 1. The molecule has 6 nitrogen and oxygen atoms in total. The van der Waals surface area contributed by atoms with Crippen LogP contribution in [0.15, 0.2) is 54.6 Å². The number of carbonyl (C=O) groups excluding carboxylic acids is 1. The highest BCUT2D eigenvalue weighted by atomic mass is 16.5. The maximum absolute atomic E-state index is 12.4. The predicted molar refractivity (Wildman–Crippen MR) is 113 cm³/mol. The highest BCUT2D eigenvalue weighted by Crippen LogP contribution is 2.32. The maximum atomic E-state index is 12.4. The molecule has 2 heterocycles. The maximum Gasteiger partial charge on any atom is 0.248 e. The van der Waals surface area contributed by atoms with Crippen LogP contribution in [0.3, 0.4) is 0 Å². The van der Waals surface area contributed by atoms with E-state index in [9.17, 15) is 4.79 Å². The van der Waals surface area contributed by atoms with E-state index in [2.05, 4.69) is 10.4 Å². The minimum absolute atomic E-state index is 0.217. The molecule has 1 amide bonds. The van der Waals surface area contributed by atoms with E-state index in [-0.39, 0.29) is 5.91 Å². The van der Waals surface area contributed by atoms with Gasteiger partial charge in [-0.05, 0) is 44.2 Å². The highest BCUT2D eigenvalue weighted by Gasteiger charge is 2.13. The highest BCUT2D eigenvalue weighted by molar-refractivity contribution is 6.02. The van der Waals surface area contributed by atoms with Crippen molar-refractivity contribution in [3.8, 4) is 17.2 Å². The number of nitrogens with zero attached hydrogens (tertiary/aromatic N) is 2. The molecule has 1 aromatic heterocycles. The lowest BCUT2D eigenvalue weighted by molar-refractivity contribution is -0.111. The third-order valence-corrected chi connectivity index (χ3v) is 4.76. The number of fused-ring (bicyclic) bond motifs is 1. The molecule has 0 radical (unpaired) electrons. The molecule has 4 rings (SSSR count). The van der Waals surface area contributed by atoms with Crippen molar-refractivity contribution in [1.29, 1.82) is 0 Å². The smallest absolute Gasteiger partial charge is 0.248 e. The fourth-order valence-corrected chi connectivity index (χ4v) is 3.30. The average Bonchev–Trinajstić information content (AvgIpc) is 2.88. The van der Waals surface area contributed by atoms with Gasteiger partial charge in [-0.25, -0.2) is 4.68 Å². The van der Waals surface area contributed by atoms with Crippen molar-refractivity contribution in [2.45, 2.75) is 20.3 Å². The monoisotopic (exact) mass is 389 g/mol. The van der Waals surface area contributed by atoms with Gasteiger partial charge >= 0.3 is 0 Å². The molecule has 3 aromatic rings. The summed E-state index contributed by atoms with van der Waals surface area (Å²) in [5, 5.41) is 7.47. The minimum Gasteiger partial charge on any atom is -0.490 e. The Balaban J connectivity index is 1.49. The van der Waals surface area contributed by atoms with Gasteiger partial charge in [0.25, 0.3) is 0 Å². The van der Waals surface area contributed by atoms with Gasteiger partial charge in [-0.2, -0.15) is 5.10 Å². The first-order valence-corrected chi connectivity index (χ1v) is 9.62. The number of anilines is 1. The second kappa shape index (κ2) is 8.22. The Kier molecular flexibility index (Phi) is 5.33. The van der Waals surface area contributed by atoms with E-state index in [1.165, 1.54) is 6.08 Å². The third kappa shape index (κ3) is 4.16. The van der Waals surface area contributed by atoms with Crippen LogP contribution in [0.25, 0.3) is 11.8 Å². The fraction of sp³-hybridized carbons (Fsp3) is 0.217. The molecule has 29 heavy (non-hydrogen) atoms. The molecule has 1 aliphatic heterocycles. The number of benzene rings is 2. The van der Waals surface area contributed by atoms with Crippen molar-refractivity contribution in [2.24, 2.45) is 0 Å². The van der Waals surface area contributed by atoms with Crippen LogP contribution in [0, 0.1) is 13.8 Å². The van der Waals surface area contributed by atoms with E-state index < -0.39 is 0 Å². The average molecular weight is 389 g/mol. The molecular weight excluding hydrogens is 366 g/mol. The Morgan fingerprint density at radius 2 is 1.83 bits per heavy atom. The first-order valence-electron chi connectivity index (χ1n) is 9.62. The molecule has 148 valence electrons. The number of hydrogen-bond acceptors (Lipinski definition) is 4. The number of para-hydroxylation sites is 1. The van der Waals surface area contributed by atoms with Gasteiger partial charge in [0.1, 0.15) is 0 Å². The summed E-state index contributed by atoms with van der Waals surface area (Å²) in [7, 11) is 0. The second-order valence-corrected chi connectivity index (χ2v) is 6.87. The van der Waals surface area contributed by atoms with Crippen LogP contribution in [-0.4, -0.2) is 28.9 Å². The summed E-state index contributed by atoms with van der Waals surface area (Å²) in [6, 6.07) is 15.3. The van der Waals surface area contributed by atoms with Crippen molar-refractivity contribution < 1.29 is 14.3 Å². The zero-order chi connectivity index (χ0) is 20.2. The van der Waals surface area contributed by atoms with E-state index >= 15 is 0 Å². The molecule has 6 heteroatoms. The number of rotatable bonds is 4. The van der Waals surface area contributed by atoms with Crippen molar-refractivity contribution in [1.82, 2.24) is 9.78 Å². The van der Waals surface area contributed by atoms with Gasteiger partial charge in [-0.15, -0.1) is 0 Å². The summed E-state index contributed by atoms with van der Waals surface area (Å²) in [5.41, 5.74) is 4.43. The summed E-state index contributed by atoms with van der Waals surface area (Å²) >= 11 is 0. The largest absolute Gasteiger partial charge is 0.490 e. The third-order valence-electron chi connectivity index (χ3n) is 4.76. The van der Waals surface area contributed by atoms with Crippen molar-refractivity contribution in [2.75, 3.05) is 18.5 Å². The SMILES string of the molecule is Cc1nn(-c2ccccc2)c(C)c1/C=C/C(=O)Nc1ccc2c(c1)OCCCO2. The first-order chi connectivity index (χ1) is 14.1. The number of hydrogen-bond donors (Lipinski definition) is 1. The lowest BCUT2D eigenvalue weighted by atomic mass is 10.2. The second-order valence-electron chi connectivity index (χ2n) is 6.87. The van der Waals surface area contributed by atoms with Crippen molar-refractivity contribution in [3.05, 3.63) is 71.6 Å². The number of ether oxygens (including phenoxy) is 2. The first kappa shape index (κ1) is 18.8. The van der Waals surface area contributed by atoms with Gasteiger partial charge in [0.15, 0.2) is 11.5 Å². The van der Waals surface area contributed by atoms with E-state index in [1.54, 1.807) is 12.1 Å². The van der Waals surface area contributed by atoms with E-state index in [1.807, 2.05) is 61.0 Å². The summed E-state index contributed by atoms with van der Waals surface area (Å²) in [6.45, 7) is 5.17. The molecule has 0 bridgehead atoms. The number of amides is 1. The molecule has 0 atom stereocenters. The normalized spacial score (nSPS) is 13.3. The van der Waals surface area contributed by atoms with E-state index in [0.29, 0.717) is 30.4 Å². The Labute approximate surface area is 169 Å². The molecule has 0 saturated carbocycles. The number of carbonyl (C=O) groups is 1. The zero-order valence-corrected chi connectivity index (χ0v) is 16.5. The predicted octanol–water partition coefficient (Wildman–Crippen LogP) is 4.30. The van der Waals surface area contributed by atoms with Crippen LogP contribution in [0.1, 0.15) is 23.4 Å². The van der Waals surface area contributed by atoms with Crippen LogP contribution >= 0.6 is 0 Å². The van der Waals surface area contributed by atoms with Crippen LogP contribution in [-0.2, 0) is 4.79 Å². The minimum atomic E-state index is -0.217. The van der Waals surface area contributed by atoms with Crippen molar-refractivity contribution >= 4 is 17.7 Å². The molecule has 0 saturated heterocycles. The standard InChI is InChI=1S/C23H23N3O3/c1-16-20(17(2)26(25-16)19-7-4-3-5-8-19)10-12-23(27)24-18-9-11-21-22(15-18)29-14-6-13-28-21/h3-5,7-12,15H,6,13-14H2,1-2H3,(H,24,27)/b12-10+. The lowest BCUT2D eigenvalue weighted by Gasteiger charge is -2.09. The Hall–Kier alpha value is -3.54. The van der Waals surface area contributed by atoms with Crippen LogP contribution < -0.4 is 14.8 Å². The van der Waals surface area contributed by atoms with Gasteiger partial charge in [-0.1, -0.05) is 18.2 Å². The van der Waals surface area contributed by atoms with Gasteiger partial charge in [0.05, 0.1) is 24.6 Å². The molecule has 0 spiro atoms. The zero-order valence-electron chi connectivity index (χ0n) is 16.5. The van der Waals surface area contributed by atoms with Crippen molar-refractivity contribution in [3.63, 3.8) is 0 Å². The van der Waals surface area contributed by atoms with E-state index in [0.717, 1.165) is 29.1 Å². The summed E-state index contributed by atoms with van der Waals surface area (Å²) < 4.78 is 13.2. The van der Waals surface area contributed by atoms with E-state index in [4.69, 9.17) is 9.47 Å². The fourth-order valence-electron chi connectivity index (χ4n) is 3.30. The molecule has 0 aliphatic carbocycles. The molecule has 2 aromatic carbocycles. The van der Waals surface area contributed by atoms with Crippen LogP contribution in [0.4, 0.5) is 5.69 Å². The molecular formula is C23H23N3O3. The van der Waals surface area contributed by atoms with Gasteiger partial charge in [0.2, 0.25) is 5.91 Å². The molecule has 1 aliphatic rings. The summed E-state index contributed by atoms with van der Waals surface area (Å²) in [4.78, 5) is 12.4. The molecule has 0 unspecified atom stereocenters. The topological polar surface area (TPSA) is 65.4 Å². The lowest BCUT2D eigenvalue weighted by Crippen LogP contribution is -2.08. The quantitative estimate of drug-likeness (QED) is 0.676. The Morgan fingerprint density at radius 1 is 1.07 bits per heavy atom. The van der Waals surface area contributed by atoms with Crippen LogP contribution in [0.5, 0.6) is 11.5 Å². The summed E-state index contributed by atoms with van der Waals surface area (Å²) in [5.74, 6) is 1.14. The summed E-state index contributed by atoms with van der Waals surface area (Å²) in [6.07, 6.45) is 4.17. The molecule has 0 fully saturated rings. The van der Waals surface area contributed by atoms with Gasteiger partial charge in [-0.3, -0.25) is 4.79 Å². The van der Waals surface area contributed by atoms with Crippen LogP contribution in [0.2, 0.25) is 0 Å². The Bertz CT molecular complexity index is 1050.